The Morgan fingerprint density at radius 1 is 1.41 bits per heavy atom. The largest absolute Gasteiger partial charge is 0.489 e. The van der Waals surface area contributed by atoms with Crippen LogP contribution in [0.4, 0.5) is 5.69 Å². The van der Waals surface area contributed by atoms with Gasteiger partial charge in [-0.05, 0) is 44.0 Å². The van der Waals surface area contributed by atoms with Crippen LogP contribution in [-0.2, 0) is 9.53 Å². The second-order valence-electron chi connectivity index (χ2n) is 5.37. The summed E-state index contributed by atoms with van der Waals surface area (Å²) in [7, 11) is 1.64. The van der Waals surface area contributed by atoms with Gasteiger partial charge in [-0.2, -0.15) is 0 Å². The summed E-state index contributed by atoms with van der Waals surface area (Å²) in [5, 5.41) is 6.25. The number of piperidine rings is 1. The Balaban J connectivity index is 0.00000242. The molecule has 1 aliphatic heterocycles. The molecule has 1 saturated heterocycles. The van der Waals surface area contributed by atoms with E-state index < -0.39 is 0 Å². The molecular formula is C16H25ClN2O3. The number of carbonyl (C=O) groups is 1. The number of benzene rings is 1. The molecule has 0 spiro atoms. The average molecular weight is 329 g/mol. The van der Waals surface area contributed by atoms with Crippen LogP contribution in [0.1, 0.15) is 18.4 Å². The molecule has 1 heterocycles. The third-order valence-corrected chi connectivity index (χ3v) is 3.61. The van der Waals surface area contributed by atoms with Gasteiger partial charge in [-0.25, -0.2) is 0 Å². The highest BCUT2D eigenvalue weighted by Gasteiger charge is 2.21. The van der Waals surface area contributed by atoms with Crippen molar-refractivity contribution in [1.82, 2.24) is 5.32 Å². The average Bonchev–Trinajstić information content (AvgIpc) is 2.51. The van der Waals surface area contributed by atoms with Gasteiger partial charge in [-0.1, -0.05) is 6.07 Å². The molecule has 1 fully saturated rings. The van der Waals surface area contributed by atoms with Gasteiger partial charge in [0.25, 0.3) is 0 Å². The second kappa shape index (κ2) is 9.66. The first-order chi connectivity index (χ1) is 10.2. The molecule has 0 aliphatic carbocycles. The third-order valence-electron chi connectivity index (χ3n) is 3.61. The Bertz CT molecular complexity index is 476. The summed E-state index contributed by atoms with van der Waals surface area (Å²) in [6.07, 6.45) is 1.98. The van der Waals surface area contributed by atoms with Gasteiger partial charge in [0, 0.05) is 13.7 Å². The lowest BCUT2D eigenvalue weighted by atomic mass is 9.98. The Labute approximate surface area is 138 Å². The van der Waals surface area contributed by atoms with Crippen molar-refractivity contribution in [1.29, 1.82) is 0 Å². The SMILES string of the molecule is COCCOc1cc(C)ccc1NC(=O)C1CCCNC1.Cl. The van der Waals surface area contributed by atoms with Crippen molar-refractivity contribution in [2.75, 3.05) is 38.7 Å². The van der Waals surface area contributed by atoms with Crippen LogP contribution in [-0.4, -0.2) is 39.3 Å². The zero-order valence-electron chi connectivity index (χ0n) is 13.2. The Morgan fingerprint density at radius 2 is 2.23 bits per heavy atom. The molecule has 1 aliphatic rings. The van der Waals surface area contributed by atoms with Gasteiger partial charge in [-0.3, -0.25) is 4.79 Å². The van der Waals surface area contributed by atoms with Crippen LogP contribution in [0.2, 0.25) is 0 Å². The minimum Gasteiger partial charge on any atom is -0.489 e. The molecule has 0 bridgehead atoms. The summed E-state index contributed by atoms with van der Waals surface area (Å²) in [5.41, 5.74) is 1.83. The van der Waals surface area contributed by atoms with E-state index in [4.69, 9.17) is 9.47 Å². The molecule has 22 heavy (non-hydrogen) atoms. The highest BCUT2D eigenvalue weighted by Crippen LogP contribution is 2.26. The van der Waals surface area contributed by atoms with Crippen LogP contribution in [0.5, 0.6) is 5.75 Å². The summed E-state index contributed by atoms with van der Waals surface area (Å²) >= 11 is 0. The van der Waals surface area contributed by atoms with Crippen LogP contribution in [0.3, 0.4) is 0 Å². The summed E-state index contributed by atoms with van der Waals surface area (Å²) < 4.78 is 10.7. The van der Waals surface area contributed by atoms with E-state index in [-0.39, 0.29) is 24.2 Å². The molecule has 124 valence electrons. The number of amides is 1. The number of hydrogen-bond donors (Lipinski definition) is 2. The fourth-order valence-corrected chi connectivity index (χ4v) is 2.40. The lowest BCUT2D eigenvalue weighted by Gasteiger charge is -2.22. The summed E-state index contributed by atoms with van der Waals surface area (Å²) in [6.45, 7) is 4.73. The maximum Gasteiger partial charge on any atom is 0.228 e. The maximum atomic E-state index is 12.3. The van der Waals surface area contributed by atoms with Crippen molar-refractivity contribution in [2.45, 2.75) is 19.8 Å². The number of halogens is 1. The quantitative estimate of drug-likeness (QED) is 0.787. The van der Waals surface area contributed by atoms with E-state index in [0.29, 0.717) is 19.0 Å². The Kier molecular flexibility index (Phi) is 8.24. The smallest absolute Gasteiger partial charge is 0.228 e. The molecule has 1 unspecified atom stereocenters. The number of anilines is 1. The molecular weight excluding hydrogens is 304 g/mol. The molecule has 2 rings (SSSR count). The van der Waals surface area contributed by atoms with Crippen LogP contribution in [0.15, 0.2) is 18.2 Å². The molecule has 0 radical (unpaired) electrons. The fourth-order valence-electron chi connectivity index (χ4n) is 2.40. The number of carbonyl (C=O) groups excluding carboxylic acids is 1. The second-order valence-corrected chi connectivity index (χ2v) is 5.37. The van der Waals surface area contributed by atoms with Crippen molar-refractivity contribution >= 4 is 24.0 Å². The summed E-state index contributed by atoms with van der Waals surface area (Å²) in [6, 6.07) is 5.80. The standard InChI is InChI=1S/C16H24N2O3.ClH/c1-12-5-6-14(15(10-12)21-9-8-20-2)18-16(19)13-4-3-7-17-11-13;/h5-6,10,13,17H,3-4,7-9,11H2,1-2H3,(H,18,19);1H. The van der Waals surface area contributed by atoms with Crippen LogP contribution < -0.4 is 15.4 Å². The Hall–Kier alpha value is -1.30. The monoisotopic (exact) mass is 328 g/mol. The first kappa shape index (κ1) is 18.7. The van der Waals surface area contributed by atoms with Crippen molar-refractivity contribution in [3.05, 3.63) is 23.8 Å². The van der Waals surface area contributed by atoms with Gasteiger partial charge in [-0.15, -0.1) is 12.4 Å². The molecule has 1 atom stereocenters. The van der Waals surface area contributed by atoms with Gasteiger partial charge in [0.15, 0.2) is 0 Å². The van der Waals surface area contributed by atoms with E-state index in [9.17, 15) is 4.79 Å². The lowest BCUT2D eigenvalue weighted by molar-refractivity contribution is -0.120. The number of methoxy groups -OCH3 is 1. The molecule has 1 aromatic carbocycles. The zero-order chi connectivity index (χ0) is 15.1. The van der Waals surface area contributed by atoms with E-state index >= 15 is 0 Å². The van der Waals surface area contributed by atoms with E-state index in [1.54, 1.807) is 7.11 Å². The summed E-state index contributed by atoms with van der Waals surface area (Å²) in [4.78, 5) is 12.3. The van der Waals surface area contributed by atoms with Crippen molar-refractivity contribution in [3.8, 4) is 5.75 Å². The van der Waals surface area contributed by atoms with Gasteiger partial charge < -0.3 is 20.1 Å². The molecule has 0 saturated carbocycles. The first-order valence-electron chi connectivity index (χ1n) is 7.44. The minimum atomic E-state index is 0. The number of rotatable bonds is 6. The minimum absolute atomic E-state index is 0. The summed E-state index contributed by atoms with van der Waals surface area (Å²) in [5.74, 6) is 0.790. The predicted octanol–water partition coefficient (Wildman–Crippen LogP) is 2.38. The highest BCUT2D eigenvalue weighted by atomic mass is 35.5. The lowest BCUT2D eigenvalue weighted by Crippen LogP contribution is -2.37. The van der Waals surface area contributed by atoms with Crippen LogP contribution in [0.25, 0.3) is 0 Å². The van der Waals surface area contributed by atoms with E-state index in [1.807, 2.05) is 25.1 Å². The normalized spacial score (nSPS) is 17.5. The van der Waals surface area contributed by atoms with Gasteiger partial charge in [0.1, 0.15) is 12.4 Å². The molecule has 1 aromatic rings. The molecule has 5 nitrogen and oxygen atoms in total. The third kappa shape index (κ3) is 5.48. The van der Waals surface area contributed by atoms with Crippen molar-refractivity contribution < 1.29 is 14.3 Å². The number of aryl methyl sites for hydroxylation is 1. The van der Waals surface area contributed by atoms with E-state index in [1.165, 1.54) is 0 Å². The highest BCUT2D eigenvalue weighted by molar-refractivity contribution is 5.94. The van der Waals surface area contributed by atoms with Crippen LogP contribution in [0, 0.1) is 12.8 Å². The molecule has 6 heteroatoms. The van der Waals surface area contributed by atoms with Crippen molar-refractivity contribution in [2.24, 2.45) is 5.92 Å². The number of nitrogens with one attached hydrogen (secondary N) is 2. The molecule has 1 amide bonds. The fraction of sp³-hybridized carbons (Fsp3) is 0.562. The predicted molar refractivity (Wildman–Crippen MR) is 90.0 cm³/mol. The topological polar surface area (TPSA) is 59.6 Å². The van der Waals surface area contributed by atoms with E-state index in [0.717, 1.165) is 37.2 Å². The Morgan fingerprint density at radius 3 is 2.91 bits per heavy atom. The van der Waals surface area contributed by atoms with E-state index in [2.05, 4.69) is 10.6 Å². The molecule has 0 aromatic heterocycles. The molecule has 2 N–H and O–H groups in total. The van der Waals surface area contributed by atoms with Crippen molar-refractivity contribution in [3.63, 3.8) is 0 Å². The van der Waals surface area contributed by atoms with Crippen LogP contribution >= 0.6 is 12.4 Å². The zero-order valence-corrected chi connectivity index (χ0v) is 14.0. The van der Waals surface area contributed by atoms with Gasteiger partial charge >= 0.3 is 0 Å². The van der Waals surface area contributed by atoms with Gasteiger partial charge in [0.2, 0.25) is 5.91 Å². The maximum absolute atomic E-state index is 12.3. The van der Waals surface area contributed by atoms with Gasteiger partial charge in [0.05, 0.1) is 18.2 Å². The number of ether oxygens (including phenoxy) is 2. The first-order valence-corrected chi connectivity index (χ1v) is 7.44. The number of hydrogen-bond acceptors (Lipinski definition) is 4.